The second-order valence-electron chi connectivity index (χ2n) is 3.00. The molecule has 0 N–H and O–H groups in total. The quantitative estimate of drug-likeness (QED) is 0.758. The van der Waals surface area contributed by atoms with Crippen molar-refractivity contribution in [2.45, 2.75) is 13.8 Å². The zero-order valence-corrected chi connectivity index (χ0v) is 8.71. The molecule has 5 heteroatoms. The largest absolute Gasteiger partial charge is 0.428 e. The Morgan fingerprint density at radius 2 is 2.14 bits per heavy atom. The molecule has 1 aromatic carbocycles. The molecule has 0 fully saturated rings. The van der Waals surface area contributed by atoms with Gasteiger partial charge in [-0.1, -0.05) is 21.7 Å². The fourth-order valence-corrected chi connectivity index (χ4v) is 1.42. The van der Waals surface area contributed by atoms with Gasteiger partial charge in [0.25, 0.3) is 0 Å². The Morgan fingerprint density at radius 3 is 2.86 bits per heavy atom. The Balaban J connectivity index is 2.28. The van der Waals surface area contributed by atoms with Crippen LogP contribution in [0.5, 0.6) is 10.9 Å². The Kier molecular flexibility index (Phi) is 2.41. The lowest BCUT2D eigenvalue weighted by molar-refractivity contribution is 0.468. The van der Waals surface area contributed by atoms with Crippen molar-refractivity contribution in [3.63, 3.8) is 0 Å². The van der Waals surface area contributed by atoms with Crippen LogP contribution in [0.2, 0.25) is 0 Å². The Hall–Kier alpha value is -1.49. The molecule has 0 saturated carbocycles. The van der Waals surface area contributed by atoms with Crippen molar-refractivity contribution < 1.29 is 4.74 Å². The van der Waals surface area contributed by atoms with Gasteiger partial charge in [-0.15, -0.1) is 0 Å². The molecule has 72 valence electrons. The number of ether oxygens (including phenoxy) is 1. The van der Waals surface area contributed by atoms with Crippen LogP contribution in [0, 0.1) is 13.8 Å². The average molecular weight is 207 g/mol. The van der Waals surface area contributed by atoms with Gasteiger partial charge in [-0.05, 0) is 36.3 Å². The second kappa shape index (κ2) is 3.71. The van der Waals surface area contributed by atoms with Crippen LogP contribution in [-0.2, 0) is 0 Å². The molecule has 0 aliphatic rings. The monoisotopic (exact) mass is 207 g/mol. The van der Waals surface area contributed by atoms with Crippen molar-refractivity contribution in [1.82, 2.24) is 14.8 Å². The molecule has 0 atom stereocenters. The molecule has 14 heavy (non-hydrogen) atoms. The Bertz CT molecular complexity index is 428. The number of rotatable bonds is 2. The molecule has 0 saturated heterocycles. The summed E-state index contributed by atoms with van der Waals surface area (Å²) >= 11 is 1.14. The van der Waals surface area contributed by atoms with E-state index < -0.39 is 0 Å². The third-order valence-corrected chi connectivity index (χ3v) is 2.30. The van der Waals surface area contributed by atoms with Crippen LogP contribution in [-0.4, -0.2) is 14.8 Å². The van der Waals surface area contributed by atoms with E-state index in [1.165, 1.54) is 0 Å². The molecule has 0 unspecified atom stereocenters. The summed E-state index contributed by atoms with van der Waals surface area (Å²) in [5.74, 6) is 0.809. The SMILES string of the molecule is Cc1ccc(C)c(Oc2nnns2)c1. The normalized spacial score (nSPS) is 10.1. The van der Waals surface area contributed by atoms with Crippen molar-refractivity contribution >= 4 is 11.5 Å². The fourth-order valence-electron chi connectivity index (χ4n) is 1.08. The maximum Gasteiger partial charge on any atom is 0.319 e. The summed E-state index contributed by atoms with van der Waals surface area (Å²) < 4.78 is 9.14. The highest BCUT2D eigenvalue weighted by Crippen LogP contribution is 2.25. The van der Waals surface area contributed by atoms with E-state index in [9.17, 15) is 0 Å². The lowest BCUT2D eigenvalue weighted by Crippen LogP contribution is -1.87. The topological polar surface area (TPSA) is 47.9 Å². The van der Waals surface area contributed by atoms with Crippen molar-refractivity contribution in [3.8, 4) is 10.9 Å². The molecule has 0 radical (unpaired) electrons. The zero-order chi connectivity index (χ0) is 9.97. The smallest absolute Gasteiger partial charge is 0.319 e. The van der Waals surface area contributed by atoms with E-state index in [1.54, 1.807) is 0 Å². The summed E-state index contributed by atoms with van der Waals surface area (Å²) in [4.78, 5) is 0. The molecular weight excluding hydrogens is 198 g/mol. The summed E-state index contributed by atoms with van der Waals surface area (Å²) in [5, 5.41) is 7.65. The van der Waals surface area contributed by atoms with Crippen LogP contribution < -0.4 is 4.74 Å². The van der Waals surface area contributed by atoms with Gasteiger partial charge in [-0.25, -0.2) is 0 Å². The zero-order valence-electron chi connectivity index (χ0n) is 7.89. The minimum absolute atomic E-state index is 0.471. The van der Waals surface area contributed by atoms with Crippen molar-refractivity contribution in [3.05, 3.63) is 29.3 Å². The molecule has 0 aliphatic carbocycles. The van der Waals surface area contributed by atoms with E-state index in [4.69, 9.17) is 4.74 Å². The van der Waals surface area contributed by atoms with Crippen LogP contribution in [0.3, 0.4) is 0 Å². The summed E-state index contributed by atoms with van der Waals surface area (Å²) in [5.41, 5.74) is 2.23. The predicted octanol–water partition coefficient (Wildman–Crippen LogP) is 2.34. The fraction of sp³-hybridized carbons (Fsp3) is 0.222. The minimum atomic E-state index is 0.471. The Labute approximate surface area is 85.7 Å². The molecule has 0 amide bonds. The first-order valence-electron chi connectivity index (χ1n) is 4.16. The maximum atomic E-state index is 5.51. The number of nitrogens with zero attached hydrogens (tertiary/aromatic N) is 3. The van der Waals surface area contributed by atoms with E-state index in [2.05, 4.69) is 14.8 Å². The first-order chi connectivity index (χ1) is 6.75. The highest BCUT2D eigenvalue weighted by molar-refractivity contribution is 7.07. The summed E-state index contributed by atoms with van der Waals surface area (Å²) in [6.45, 7) is 4.01. The van der Waals surface area contributed by atoms with Crippen LogP contribution in [0.1, 0.15) is 11.1 Å². The molecule has 1 aromatic heterocycles. The second-order valence-corrected chi connectivity index (χ2v) is 3.69. The highest BCUT2D eigenvalue weighted by atomic mass is 32.1. The lowest BCUT2D eigenvalue weighted by atomic mass is 10.1. The Morgan fingerprint density at radius 1 is 1.29 bits per heavy atom. The van der Waals surface area contributed by atoms with Crippen molar-refractivity contribution in [2.75, 3.05) is 0 Å². The lowest BCUT2D eigenvalue weighted by Gasteiger charge is -2.05. The molecule has 1 heterocycles. The van der Waals surface area contributed by atoms with Crippen molar-refractivity contribution in [2.24, 2.45) is 0 Å². The third-order valence-electron chi connectivity index (χ3n) is 1.82. The number of hydrogen-bond donors (Lipinski definition) is 0. The predicted molar refractivity (Wildman–Crippen MR) is 53.7 cm³/mol. The first kappa shape index (κ1) is 9.08. The third kappa shape index (κ3) is 1.88. The maximum absolute atomic E-state index is 5.51. The van der Waals surface area contributed by atoms with Crippen LogP contribution >= 0.6 is 11.5 Å². The molecule has 0 spiro atoms. The van der Waals surface area contributed by atoms with E-state index in [1.807, 2.05) is 32.0 Å². The number of aryl methyl sites for hydroxylation is 2. The van der Waals surface area contributed by atoms with E-state index in [0.29, 0.717) is 5.19 Å². The van der Waals surface area contributed by atoms with Gasteiger partial charge in [0, 0.05) is 11.5 Å². The van der Waals surface area contributed by atoms with Gasteiger partial charge in [-0.2, -0.15) is 0 Å². The number of aromatic nitrogens is 3. The van der Waals surface area contributed by atoms with Gasteiger partial charge in [0.1, 0.15) is 5.75 Å². The molecular formula is C9H9N3OS. The summed E-state index contributed by atoms with van der Waals surface area (Å²) in [7, 11) is 0. The van der Waals surface area contributed by atoms with Gasteiger partial charge < -0.3 is 4.74 Å². The van der Waals surface area contributed by atoms with Crippen molar-refractivity contribution in [1.29, 1.82) is 0 Å². The van der Waals surface area contributed by atoms with Gasteiger partial charge in [0.05, 0.1) is 0 Å². The van der Waals surface area contributed by atoms with E-state index in [0.717, 1.165) is 28.4 Å². The van der Waals surface area contributed by atoms with Crippen LogP contribution in [0.15, 0.2) is 18.2 Å². The highest BCUT2D eigenvalue weighted by Gasteiger charge is 2.04. The van der Waals surface area contributed by atoms with Crippen LogP contribution in [0.4, 0.5) is 0 Å². The molecule has 0 bridgehead atoms. The van der Waals surface area contributed by atoms with Gasteiger partial charge >= 0.3 is 5.19 Å². The number of benzene rings is 1. The molecule has 0 aliphatic heterocycles. The minimum Gasteiger partial charge on any atom is -0.428 e. The van der Waals surface area contributed by atoms with Gasteiger partial charge in [-0.3, -0.25) is 0 Å². The number of hydrogen-bond acceptors (Lipinski definition) is 5. The van der Waals surface area contributed by atoms with Gasteiger partial charge in [0.2, 0.25) is 0 Å². The summed E-state index contributed by atoms with van der Waals surface area (Å²) in [6.07, 6.45) is 0. The van der Waals surface area contributed by atoms with E-state index >= 15 is 0 Å². The molecule has 2 rings (SSSR count). The standard InChI is InChI=1S/C9H9N3OS/c1-6-3-4-7(2)8(5-6)13-9-10-11-12-14-9/h3-5H,1-2H3. The van der Waals surface area contributed by atoms with Crippen LogP contribution in [0.25, 0.3) is 0 Å². The average Bonchev–Trinajstić information content (AvgIpc) is 2.64. The molecule has 4 nitrogen and oxygen atoms in total. The van der Waals surface area contributed by atoms with Gasteiger partial charge in [0.15, 0.2) is 0 Å². The summed E-state index contributed by atoms with van der Waals surface area (Å²) in [6, 6.07) is 6.02. The molecule has 2 aromatic rings. The van der Waals surface area contributed by atoms with E-state index in [-0.39, 0.29) is 0 Å². The first-order valence-corrected chi connectivity index (χ1v) is 4.93.